The Morgan fingerprint density at radius 3 is 1.25 bits per heavy atom. The number of benzene rings is 7. The molecule has 0 aliphatic heterocycles. The van der Waals surface area contributed by atoms with Gasteiger partial charge in [-0.05, 0) is 255 Å². The molecule has 91 heavy (non-hydrogen) atoms. The average molecular weight is 1330 g/mol. The summed E-state index contributed by atoms with van der Waals surface area (Å²) in [6.45, 7) is 34.2. The van der Waals surface area contributed by atoms with Crippen molar-refractivity contribution in [2.24, 2.45) is 47.3 Å². The second kappa shape index (κ2) is 47.1. The Balaban J connectivity index is 0.000000362. The van der Waals surface area contributed by atoms with Crippen molar-refractivity contribution in [3.63, 3.8) is 0 Å². The van der Waals surface area contributed by atoms with E-state index in [4.69, 9.17) is 35.7 Å². The van der Waals surface area contributed by atoms with Crippen molar-refractivity contribution in [3.05, 3.63) is 212 Å². The molecule has 1 fully saturated rings. The first kappa shape index (κ1) is 81.2. The van der Waals surface area contributed by atoms with E-state index in [2.05, 4.69) is 192 Å². The maximum Gasteiger partial charge on any atom is 0.160 e. The predicted octanol–water partition coefficient (Wildman–Crippen LogP) is 24.3. The normalized spacial score (nSPS) is 12.8. The van der Waals surface area contributed by atoms with E-state index in [-0.39, 0.29) is 5.75 Å². The van der Waals surface area contributed by atoms with Gasteiger partial charge in [0.25, 0.3) is 0 Å². The highest BCUT2D eigenvalue weighted by Gasteiger charge is 2.39. The van der Waals surface area contributed by atoms with Gasteiger partial charge >= 0.3 is 0 Å². The number of phenols is 2. The number of ether oxygens (including phenoxy) is 4. The summed E-state index contributed by atoms with van der Waals surface area (Å²) in [5.74, 6) is 11.2. The van der Waals surface area contributed by atoms with Gasteiger partial charge in [-0.25, -0.2) is 0 Å². The minimum atomic E-state index is 0.230. The Hall–Kier alpha value is -5.89. The minimum Gasteiger partial charge on any atom is -0.508 e. The molecule has 0 amide bonds. The summed E-state index contributed by atoms with van der Waals surface area (Å²) in [6, 6.07) is 54.9. The van der Waals surface area contributed by atoms with Crippen molar-refractivity contribution < 1.29 is 29.2 Å². The highest BCUT2D eigenvalue weighted by Crippen LogP contribution is 2.51. The monoisotopic (exact) mass is 1330 g/mol. The van der Waals surface area contributed by atoms with Crippen molar-refractivity contribution in [2.75, 3.05) is 27.9 Å². The van der Waals surface area contributed by atoms with Gasteiger partial charge in [0.15, 0.2) is 11.5 Å². The van der Waals surface area contributed by atoms with Gasteiger partial charge in [0.1, 0.15) is 23.0 Å². The zero-order chi connectivity index (χ0) is 67.7. The molecule has 1 aliphatic carbocycles. The summed E-state index contributed by atoms with van der Waals surface area (Å²) in [5.41, 5.74) is 9.37. The van der Waals surface area contributed by atoms with Crippen LogP contribution in [0.15, 0.2) is 168 Å². The lowest BCUT2D eigenvalue weighted by Crippen LogP contribution is -1.95. The molecule has 0 heterocycles. The van der Waals surface area contributed by atoms with Gasteiger partial charge in [-0.2, -0.15) is 0 Å². The van der Waals surface area contributed by atoms with Crippen LogP contribution in [0.2, 0.25) is 5.02 Å². The molecule has 0 unspecified atom stereocenters. The molecule has 2 atom stereocenters. The Morgan fingerprint density at radius 2 is 0.835 bits per heavy atom. The highest BCUT2D eigenvalue weighted by atomic mass is 79.9. The van der Waals surface area contributed by atoms with Crippen LogP contribution in [0.25, 0.3) is 0 Å². The molecule has 7 aromatic carbocycles. The average Bonchev–Trinajstić information content (AvgIpc) is 1.85. The van der Waals surface area contributed by atoms with Crippen molar-refractivity contribution in [1.29, 1.82) is 0 Å². The van der Waals surface area contributed by atoms with Crippen molar-refractivity contribution in [3.8, 4) is 34.5 Å². The van der Waals surface area contributed by atoms with E-state index < -0.39 is 0 Å². The van der Waals surface area contributed by atoms with Crippen LogP contribution < -0.4 is 18.9 Å². The van der Waals surface area contributed by atoms with E-state index in [1.165, 1.54) is 84.7 Å². The van der Waals surface area contributed by atoms with Crippen LogP contribution in [0, 0.1) is 47.3 Å². The number of aryl methyl sites for hydroxylation is 6. The van der Waals surface area contributed by atoms with Gasteiger partial charge < -0.3 is 29.2 Å². The number of rotatable bonds is 25. The van der Waals surface area contributed by atoms with Crippen molar-refractivity contribution in [1.82, 2.24) is 0 Å². The van der Waals surface area contributed by atoms with Crippen LogP contribution in [-0.4, -0.2) is 38.1 Å². The molecule has 1 aliphatic rings. The van der Waals surface area contributed by atoms with E-state index >= 15 is 0 Å². The second-order valence-electron chi connectivity index (χ2n) is 26.9. The fraction of sp³-hybridized carbons (Fsp3) is 0.494. The van der Waals surface area contributed by atoms with Gasteiger partial charge in [0.05, 0.1) is 27.9 Å². The third-order valence-electron chi connectivity index (χ3n) is 15.7. The van der Waals surface area contributed by atoms with Crippen LogP contribution in [-0.2, 0) is 38.5 Å². The van der Waals surface area contributed by atoms with Gasteiger partial charge in [-0.3, -0.25) is 0 Å². The van der Waals surface area contributed by atoms with E-state index in [0.29, 0.717) is 17.4 Å². The summed E-state index contributed by atoms with van der Waals surface area (Å²) in [7, 11) is 4.98. The maximum absolute atomic E-state index is 9.53. The first-order valence-corrected chi connectivity index (χ1v) is 35.1. The molecule has 1 saturated carbocycles. The number of methoxy groups -OCH3 is 3. The number of aromatic hydroxyl groups is 2. The summed E-state index contributed by atoms with van der Waals surface area (Å²) in [4.78, 5) is 0. The minimum absolute atomic E-state index is 0.230. The zero-order valence-corrected chi connectivity index (χ0v) is 61.8. The van der Waals surface area contributed by atoms with E-state index in [0.717, 1.165) is 118 Å². The number of halogens is 2. The van der Waals surface area contributed by atoms with Crippen LogP contribution in [0.5, 0.6) is 34.5 Å². The SMILES string of the molecule is CC(C)CCc1ccc(O)cc1.CC(C)CCc1ccccc1Cl.CC(C)[C@H]1C[C@H]1c1ccccc1.CCOc1ccc(CCC(C)C)cc1.COc1ccc(Br)cc1CCC(C)C.COc1ccc(CCC(C)C)cc1.COc1ccc(CCC(C)C)cc1O. The highest BCUT2D eigenvalue weighted by molar-refractivity contribution is 9.10. The molecule has 0 aromatic heterocycles. The molecular weight excluding hydrogens is 1210 g/mol. The third kappa shape index (κ3) is 38.0. The number of hydrogen-bond acceptors (Lipinski definition) is 6. The third-order valence-corrected chi connectivity index (χ3v) is 16.6. The molecule has 2 N–H and O–H groups in total. The Bertz CT molecular complexity index is 2920. The lowest BCUT2D eigenvalue weighted by molar-refractivity contribution is 0.340. The van der Waals surface area contributed by atoms with Gasteiger partial charge in [-0.1, -0.05) is 215 Å². The molecule has 8 rings (SSSR count). The van der Waals surface area contributed by atoms with Crippen LogP contribution in [0.3, 0.4) is 0 Å². The van der Waals surface area contributed by atoms with Gasteiger partial charge in [0.2, 0.25) is 0 Å². The predicted molar refractivity (Wildman–Crippen MR) is 397 cm³/mol. The molecule has 0 radical (unpaired) electrons. The van der Waals surface area contributed by atoms with Crippen LogP contribution in [0.1, 0.15) is 194 Å². The smallest absolute Gasteiger partial charge is 0.160 e. The fourth-order valence-electron chi connectivity index (χ4n) is 9.65. The van der Waals surface area contributed by atoms with Gasteiger partial charge in [-0.15, -0.1) is 0 Å². The molecule has 6 nitrogen and oxygen atoms in total. The van der Waals surface area contributed by atoms with Crippen molar-refractivity contribution >= 4 is 27.5 Å². The Kier molecular flexibility index (Phi) is 42.0. The second-order valence-corrected chi connectivity index (χ2v) is 28.2. The van der Waals surface area contributed by atoms with Crippen LogP contribution in [0.4, 0.5) is 0 Å². The molecular formula is C83H120BrClO6. The van der Waals surface area contributed by atoms with E-state index in [1.807, 2.05) is 73.7 Å². The van der Waals surface area contributed by atoms with Crippen LogP contribution >= 0.6 is 27.5 Å². The molecule has 0 saturated heterocycles. The summed E-state index contributed by atoms with van der Waals surface area (Å²) in [5, 5.41) is 19.5. The number of phenolic OH excluding ortho intramolecular Hbond substituents is 2. The summed E-state index contributed by atoms with van der Waals surface area (Å²) < 4.78 is 21.9. The Morgan fingerprint density at radius 1 is 0.429 bits per heavy atom. The van der Waals surface area contributed by atoms with Gasteiger partial charge in [0, 0.05) is 9.50 Å². The standard InChI is InChI=1S/C13H20O.C12H17BrO.C12H18O2.C12H18O.C12H16.C11H15Cl.C11H16O/c1-4-14-13-9-7-12(8-10-13)6-5-11(2)3;1-9(2)4-5-10-8-11(13)6-7-12(10)14-3;1-9(2)4-5-10-6-7-12(14-3)11(13)8-10;1-10(2)4-5-11-6-8-12(13-3)9-7-11;1-9(2)11-8-12(11)10-6-4-3-5-7-10;1-9(2)7-8-10-5-3-4-6-11(10)12;1-9(2)3-4-10-5-7-11(12)8-6-10/h7-11H,4-6H2,1-3H3;6-9H,4-5H2,1-3H3;6-9,13H,4-5H2,1-3H3;6-10H,4-5H2,1-3H3;3-7,9,11-12H,8H2,1-2H3;3-6,9H,7-8H2,1-2H3;5-9,12H,3-4H2,1-2H3/t;;;;11-,12+;;/m....1../s1. The van der Waals surface area contributed by atoms with E-state index in [1.54, 1.807) is 39.5 Å². The molecule has 7 aromatic rings. The molecule has 502 valence electrons. The molecule has 0 spiro atoms. The largest absolute Gasteiger partial charge is 0.508 e. The quantitative estimate of drug-likeness (QED) is 0.0594. The number of hydrogen-bond donors (Lipinski definition) is 2. The first-order valence-electron chi connectivity index (χ1n) is 34.0. The lowest BCUT2D eigenvalue weighted by atomic mass is 10.0. The fourth-order valence-corrected chi connectivity index (χ4v) is 10.3. The topological polar surface area (TPSA) is 77.4 Å². The van der Waals surface area contributed by atoms with Crippen molar-refractivity contribution in [2.45, 2.75) is 193 Å². The maximum atomic E-state index is 9.53. The zero-order valence-electron chi connectivity index (χ0n) is 59.5. The molecule has 8 heteroatoms. The first-order chi connectivity index (χ1) is 43.4. The molecule has 0 bridgehead atoms. The summed E-state index contributed by atoms with van der Waals surface area (Å²) in [6.07, 6.45) is 15.3. The lowest BCUT2D eigenvalue weighted by Gasteiger charge is -2.10. The van der Waals surface area contributed by atoms with E-state index in [9.17, 15) is 5.11 Å². The Labute approximate surface area is 568 Å². The summed E-state index contributed by atoms with van der Waals surface area (Å²) >= 11 is 9.48.